The summed E-state index contributed by atoms with van der Waals surface area (Å²) in [6.07, 6.45) is 2.95. The second kappa shape index (κ2) is 7.96. The summed E-state index contributed by atoms with van der Waals surface area (Å²) in [7, 11) is -0.937. The third kappa shape index (κ3) is 6.69. The van der Waals surface area contributed by atoms with E-state index in [0.717, 1.165) is 5.57 Å². The van der Waals surface area contributed by atoms with Crippen LogP contribution < -0.4 is 0 Å². The topological polar surface area (TPSA) is 61.8 Å². The molecule has 0 saturated heterocycles. The van der Waals surface area contributed by atoms with Gasteiger partial charge in [0.25, 0.3) is 0 Å². The van der Waals surface area contributed by atoms with E-state index >= 15 is 0 Å². The lowest BCUT2D eigenvalue weighted by Crippen LogP contribution is -2.32. The minimum Gasteiger partial charge on any atom is -0.459 e. The molecule has 0 spiro atoms. The number of hydrogen-bond donors (Lipinski definition) is 0. The fourth-order valence-corrected chi connectivity index (χ4v) is 3.07. The quantitative estimate of drug-likeness (QED) is 0.405. The van der Waals surface area contributed by atoms with Crippen LogP contribution in [0, 0.1) is 0 Å². The SMILES string of the molecule is COP(=O)(OC)C(CCC=C(C)C)C(=O)OC(C)(C)C. The predicted octanol–water partition coefficient (Wildman–Crippen LogP) is 3.93. The number of carbonyl (C=O) groups excluding carboxylic acids is 1. The van der Waals surface area contributed by atoms with E-state index in [4.69, 9.17) is 13.8 Å². The molecule has 0 saturated carbocycles. The maximum Gasteiger partial charge on any atom is 0.344 e. The molecule has 1 unspecified atom stereocenters. The predicted molar refractivity (Wildman–Crippen MR) is 79.9 cm³/mol. The van der Waals surface area contributed by atoms with Crippen LogP contribution in [0.1, 0.15) is 47.5 Å². The van der Waals surface area contributed by atoms with Gasteiger partial charge in [-0.05, 0) is 47.5 Å². The summed E-state index contributed by atoms with van der Waals surface area (Å²) in [5.41, 5.74) is -0.414. The van der Waals surface area contributed by atoms with E-state index in [9.17, 15) is 9.36 Å². The van der Waals surface area contributed by atoms with E-state index in [0.29, 0.717) is 12.8 Å². The Labute approximate surface area is 122 Å². The highest BCUT2D eigenvalue weighted by Gasteiger charge is 2.41. The normalized spacial score (nSPS) is 13.8. The smallest absolute Gasteiger partial charge is 0.344 e. The Morgan fingerprint density at radius 1 is 1.20 bits per heavy atom. The zero-order valence-electron chi connectivity index (χ0n) is 13.6. The largest absolute Gasteiger partial charge is 0.459 e. The van der Waals surface area contributed by atoms with Crippen LogP contribution >= 0.6 is 7.60 Å². The van der Waals surface area contributed by atoms with Crippen molar-refractivity contribution in [2.24, 2.45) is 0 Å². The van der Waals surface area contributed by atoms with Gasteiger partial charge in [-0.25, -0.2) is 0 Å². The standard InChI is InChI=1S/C14H27O5P/c1-11(2)9-8-10-12(20(16,17-6)18-7)13(15)19-14(3,4)5/h9,12H,8,10H2,1-7H3. The molecule has 0 aromatic heterocycles. The van der Waals surface area contributed by atoms with Crippen LogP contribution in [-0.4, -0.2) is 31.4 Å². The van der Waals surface area contributed by atoms with Gasteiger partial charge in [0.15, 0.2) is 5.66 Å². The summed E-state index contributed by atoms with van der Waals surface area (Å²) in [5, 5.41) is 0. The Balaban J connectivity index is 5.11. The van der Waals surface area contributed by atoms with Crippen LogP contribution in [0.15, 0.2) is 11.6 Å². The third-order valence-electron chi connectivity index (χ3n) is 2.56. The fraction of sp³-hybridized carbons (Fsp3) is 0.786. The Kier molecular flexibility index (Phi) is 7.71. The molecule has 0 fully saturated rings. The van der Waals surface area contributed by atoms with E-state index in [1.54, 1.807) is 20.8 Å². The molecule has 1 atom stereocenters. The number of hydrogen-bond acceptors (Lipinski definition) is 5. The van der Waals surface area contributed by atoms with Crippen molar-refractivity contribution < 1.29 is 23.1 Å². The number of allylic oxidation sites excluding steroid dienone is 2. The first-order valence-corrected chi connectivity index (χ1v) is 8.24. The van der Waals surface area contributed by atoms with E-state index < -0.39 is 24.8 Å². The van der Waals surface area contributed by atoms with Crippen molar-refractivity contribution in [2.45, 2.75) is 58.7 Å². The Hall–Kier alpha value is -0.640. The molecule has 0 aromatic carbocycles. The average molecular weight is 306 g/mol. The molecule has 0 heterocycles. The maximum atomic E-state index is 12.5. The number of rotatable bonds is 7. The van der Waals surface area contributed by atoms with Crippen LogP contribution in [0.3, 0.4) is 0 Å². The molecule has 0 radical (unpaired) electrons. The highest BCUT2D eigenvalue weighted by Crippen LogP contribution is 2.53. The molecule has 0 rings (SSSR count). The second-order valence-corrected chi connectivity index (χ2v) is 8.25. The summed E-state index contributed by atoms with van der Waals surface area (Å²) in [5.74, 6) is -0.549. The molecule has 0 aliphatic carbocycles. The second-order valence-electron chi connectivity index (χ2n) is 5.81. The molecular formula is C14H27O5P. The monoisotopic (exact) mass is 306 g/mol. The minimum absolute atomic E-state index is 0.360. The Morgan fingerprint density at radius 3 is 2.05 bits per heavy atom. The summed E-state index contributed by atoms with van der Waals surface area (Å²) in [6, 6.07) is 0. The number of esters is 1. The Morgan fingerprint density at radius 2 is 1.70 bits per heavy atom. The number of ether oxygens (including phenoxy) is 1. The van der Waals surface area contributed by atoms with Gasteiger partial charge in [-0.3, -0.25) is 9.36 Å². The van der Waals surface area contributed by atoms with Gasteiger partial charge < -0.3 is 13.8 Å². The fourth-order valence-electron chi connectivity index (χ4n) is 1.63. The van der Waals surface area contributed by atoms with Crippen molar-refractivity contribution in [2.75, 3.05) is 14.2 Å². The van der Waals surface area contributed by atoms with Gasteiger partial charge in [0, 0.05) is 14.2 Å². The van der Waals surface area contributed by atoms with E-state index in [1.807, 2.05) is 19.9 Å². The van der Waals surface area contributed by atoms with Gasteiger partial charge in [0.1, 0.15) is 5.60 Å². The molecule has 118 valence electrons. The van der Waals surface area contributed by atoms with Crippen molar-refractivity contribution in [1.29, 1.82) is 0 Å². The summed E-state index contributed by atoms with van der Waals surface area (Å²) >= 11 is 0. The Bertz CT molecular complexity index is 383. The van der Waals surface area contributed by atoms with Gasteiger partial charge in [0.05, 0.1) is 0 Å². The summed E-state index contributed by atoms with van der Waals surface area (Å²) in [4.78, 5) is 12.2. The maximum absolute atomic E-state index is 12.5. The van der Waals surface area contributed by atoms with Crippen LogP contribution in [0.2, 0.25) is 0 Å². The van der Waals surface area contributed by atoms with Crippen molar-refractivity contribution in [3.8, 4) is 0 Å². The van der Waals surface area contributed by atoms with Gasteiger partial charge in [-0.2, -0.15) is 0 Å². The molecule has 0 N–H and O–H groups in total. The van der Waals surface area contributed by atoms with Crippen molar-refractivity contribution in [3.63, 3.8) is 0 Å². The molecule has 0 aliphatic rings. The minimum atomic E-state index is -3.50. The molecule has 20 heavy (non-hydrogen) atoms. The van der Waals surface area contributed by atoms with Gasteiger partial charge in [0.2, 0.25) is 0 Å². The number of carbonyl (C=O) groups is 1. The third-order valence-corrected chi connectivity index (χ3v) is 4.81. The van der Waals surface area contributed by atoms with E-state index in [2.05, 4.69) is 0 Å². The molecule has 0 aromatic rings. The first-order chi connectivity index (χ1) is 9.05. The van der Waals surface area contributed by atoms with Crippen LogP contribution in [-0.2, 0) is 23.1 Å². The van der Waals surface area contributed by atoms with Gasteiger partial charge in [-0.15, -0.1) is 0 Å². The van der Waals surface area contributed by atoms with Crippen LogP contribution in [0.4, 0.5) is 0 Å². The van der Waals surface area contributed by atoms with Crippen LogP contribution in [0.5, 0.6) is 0 Å². The summed E-state index contributed by atoms with van der Waals surface area (Å²) < 4.78 is 27.7. The van der Waals surface area contributed by atoms with Crippen molar-refractivity contribution in [1.82, 2.24) is 0 Å². The van der Waals surface area contributed by atoms with Gasteiger partial charge in [-0.1, -0.05) is 11.6 Å². The molecular weight excluding hydrogens is 279 g/mol. The zero-order chi connectivity index (χ0) is 16.0. The van der Waals surface area contributed by atoms with Crippen molar-refractivity contribution in [3.05, 3.63) is 11.6 Å². The van der Waals surface area contributed by atoms with Crippen molar-refractivity contribution >= 4 is 13.6 Å². The molecule has 6 heteroatoms. The molecule has 0 bridgehead atoms. The van der Waals surface area contributed by atoms with Gasteiger partial charge >= 0.3 is 13.6 Å². The highest BCUT2D eigenvalue weighted by atomic mass is 31.2. The first kappa shape index (κ1) is 19.4. The van der Waals surface area contributed by atoms with E-state index in [-0.39, 0.29) is 0 Å². The summed E-state index contributed by atoms with van der Waals surface area (Å²) in [6.45, 7) is 9.23. The van der Waals surface area contributed by atoms with Crippen LogP contribution in [0.25, 0.3) is 0 Å². The molecule has 0 aliphatic heterocycles. The highest BCUT2D eigenvalue weighted by molar-refractivity contribution is 7.55. The molecule has 0 amide bonds. The van der Waals surface area contributed by atoms with E-state index in [1.165, 1.54) is 14.2 Å². The first-order valence-electron chi connectivity index (χ1n) is 6.63. The zero-order valence-corrected chi connectivity index (χ0v) is 14.5. The average Bonchev–Trinajstić information content (AvgIpc) is 2.31. The molecule has 5 nitrogen and oxygen atoms in total. The lowest BCUT2D eigenvalue weighted by atomic mass is 10.1. The lowest BCUT2D eigenvalue weighted by molar-refractivity contribution is -0.154. The lowest BCUT2D eigenvalue weighted by Gasteiger charge is -2.27.